The third-order valence-electron chi connectivity index (χ3n) is 4.08. The minimum atomic E-state index is -0.158. The van der Waals surface area contributed by atoms with Gasteiger partial charge in [-0.1, -0.05) is 64.5 Å². The summed E-state index contributed by atoms with van der Waals surface area (Å²) in [5.74, 6) is 0.430. The maximum absolute atomic E-state index is 12.1. The van der Waals surface area contributed by atoms with Gasteiger partial charge in [-0.25, -0.2) is 0 Å². The average molecular weight is 452 g/mol. The maximum Gasteiger partial charge on any atom is 0.257 e. The summed E-state index contributed by atoms with van der Waals surface area (Å²) in [6, 6.07) is 25.3. The third kappa shape index (κ3) is 7.08. The van der Waals surface area contributed by atoms with Crippen LogP contribution < -0.4 is 15.5 Å². The van der Waals surface area contributed by atoms with Crippen LogP contribution in [0.5, 0.6) is 5.75 Å². The van der Waals surface area contributed by atoms with Crippen LogP contribution in [0.15, 0.2) is 88.4 Å². The van der Waals surface area contributed by atoms with Crippen LogP contribution in [0.3, 0.4) is 0 Å². The van der Waals surface area contributed by atoms with E-state index in [-0.39, 0.29) is 12.5 Å². The van der Waals surface area contributed by atoms with Gasteiger partial charge in [-0.05, 0) is 42.3 Å². The highest BCUT2D eigenvalue weighted by atomic mass is 79.9. The summed E-state index contributed by atoms with van der Waals surface area (Å²) < 4.78 is 6.61. The molecule has 6 heteroatoms. The molecule has 1 amide bonds. The van der Waals surface area contributed by atoms with Crippen LogP contribution in [0.2, 0.25) is 0 Å². The molecule has 0 aliphatic carbocycles. The Morgan fingerprint density at radius 3 is 2.48 bits per heavy atom. The molecule has 0 atom stereocenters. The maximum atomic E-state index is 12.1. The zero-order valence-electron chi connectivity index (χ0n) is 15.8. The van der Waals surface area contributed by atoms with E-state index in [9.17, 15) is 4.79 Å². The molecular weight excluding hydrogens is 430 g/mol. The van der Waals surface area contributed by atoms with Crippen LogP contribution in [0.4, 0.5) is 5.69 Å². The first-order valence-electron chi connectivity index (χ1n) is 9.28. The van der Waals surface area contributed by atoms with Crippen molar-refractivity contribution in [3.63, 3.8) is 0 Å². The highest BCUT2D eigenvalue weighted by Gasteiger charge is 2.07. The first-order chi connectivity index (χ1) is 14.2. The molecule has 3 rings (SSSR count). The summed E-state index contributed by atoms with van der Waals surface area (Å²) in [7, 11) is 0. The van der Waals surface area contributed by atoms with Crippen molar-refractivity contribution in [3.05, 3.63) is 94.5 Å². The lowest BCUT2D eigenvalue weighted by Crippen LogP contribution is -2.30. The van der Waals surface area contributed by atoms with Crippen LogP contribution in [0.1, 0.15) is 11.1 Å². The predicted octanol–water partition coefficient (Wildman–Crippen LogP) is 4.63. The quantitative estimate of drug-likeness (QED) is 0.368. The van der Waals surface area contributed by atoms with E-state index in [0.29, 0.717) is 12.3 Å². The van der Waals surface area contributed by atoms with Crippen LogP contribution in [0, 0.1) is 0 Å². The smallest absolute Gasteiger partial charge is 0.257 e. The Balaban J connectivity index is 1.51. The van der Waals surface area contributed by atoms with Crippen molar-refractivity contribution in [2.75, 3.05) is 18.6 Å². The topological polar surface area (TPSA) is 62.7 Å². The molecule has 2 N–H and O–H groups in total. The minimum absolute atomic E-state index is 0.0522. The molecule has 0 bridgehead atoms. The fourth-order valence-electron chi connectivity index (χ4n) is 2.63. The number of carbonyl (C=O) groups excluding carboxylic acids is 1. The number of halogens is 1. The molecule has 0 aliphatic heterocycles. The largest absolute Gasteiger partial charge is 0.483 e. The van der Waals surface area contributed by atoms with Crippen LogP contribution in [-0.4, -0.2) is 25.3 Å². The lowest BCUT2D eigenvalue weighted by molar-refractivity contribution is -0.123. The van der Waals surface area contributed by atoms with Crippen molar-refractivity contribution < 1.29 is 9.53 Å². The monoisotopic (exact) mass is 451 g/mol. The number of nitrogens with one attached hydrogen (secondary N) is 2. The number of ether oxygens (including phenoxy) is 1. The summed E-state index contributed by atoms with van der Waals surface area (Å²) in [4.78, 5) is 12.1. The molecule has 0 unspecified atom stereocenters. The van der Waals surface area contributed by atoms with Gasteiger partial charge in [0.25, 0.3) is 5.91 Å². The molecule has 0 spiro atoms. The third-order valence-corrected chi connectivity index (χ3v) is 4.57. The molecule has 3 aromatic rings. The molecule has 148 valence electrons. The Morgan fingerprint density at radius 1 is 1.00 bits per heavy atom. The van der Waals surface area contributed by atoms with Gasteiger partial charge in [-0.2, -0.15) is 5.10 Å². The van der Waals surface area contributed by atoms with E-state index in [0.717, 1.165) is 22.1 Å². The molecule has 0 saturated carbocycles. The van der Waals surface area contributed by atoms with Crippen LogP contribution in [0.25, 0.3) is 0 Å². The lowest BCUT2D eigenvalue weighted by Gasteiger charge is -2.10. The second kappa shape index (κ2) is 11.0. The van der Waals surface area contributed by atoms with E-state index in [4.69, 9.17) is 4.74 Å². The van der Waals surface area contributed by atoms with E-state index in [1.807, 2.05) is 78.9 Å². The number of nitrogens with zero attached hydrogens (tertiary/aromatic N) is 1. The Labute approximate surface area is 178 Å². The number of rotatable bonds is 9. The average Bonchev–Trinajstić information content (AvgIpc) is 2.75. The van der Waals surface area contributed by atoms with Gasteiger partial charge in [0.15, 0.2) is 6.61 Å². The van der Waals surface area contributed by atoms with E-state index < -0.39 is 0 Å². The normalized spacial score (nSPS) is 10.7. The molecule has 0 aliphatic rings. The van der Waals surface area contributed by atoms with E-state index in [2.05, 4.69) is 31.8 Å². The number of para-hydroxylation sites is 1. The van der Waals surface area contributed by atoms with Crippen molar-refractivity contribution in [1.82, 2.24) is 5.32 Å². The summed E-state index contributed by atoms with van der Waals surface area (Å²) in [6.07, 6.45) is 2.45. The Kier molecular flexibility index (Phi) is 7.83. The first-order valence-corrected chi connectivity index (χ1v) is 10.1. The number of carbonyl (C=O) groups is 1. The zero-order valence-corrected chi connectivity index (χ0v) is 17.4. The summed E-state index contributed by atoms with van der Waals surface area (Å²) >= 11 is 3.45. The van der Waals surface area contributed by atoms with Crippen LogP contribution in [-0.2, 0) is 11.2 Å². The molecule has 5 nitrogen and oxygen atoms in total. The van der Waals surface area contributed by atoms with Gasteiger partial charge in [0.2, 0.25) is 0 Å². The fraction of sp³-hybridized carbons (Fsp3) is 0.130. The molecule has 3 aromatic carbocycles. The van der Waals surface area contributed by atoms with Crippen LogP contribution >= 0.6 is 15.9 Å². The number of amides is 1. The highest BCUT2D eigenvalue weighted by molar-refractivity contribution is 9.10. The van der Waals surface area contributed by atoms with Gasteiger partial charge >= 0.3 is 0 Å². The van der Waals surface area contributed by atoms with Crippen molar-refractivity contribution in [3.8, 4) is 5.75 Å². The van der Waals surface area contributed by atoms with Gasteiger partial charge in [0.1, 0.15) is 5.75 Å². The lowest BCUT2D eigenvalue weighted by atomic mass is 10.1. The Bertz CT molecular complexity index is 947. The number of hydrogen-bond donors (Lipinski definition) is 2. The second-order valence-corrected chi connectivity index (χ2v) is 7.21. The number of hydrazone groups is 1. The summed E-state index contributed by atoms with van der Waals surface area (Å²) in [5, 5.41) is 7.13. The molecular formula is C23H22BrN3O2. The van der Waals surface area contributed by atoms with Gasteiger partial charge in [0.05, 0.1) is 11.9 Å². The molecule has 0 radical (unpaired) electrons. The van der Waals surface area contributed by atoms with Crippen molar-refractivity contribution in [2.45, 2.75) is 6.42 Å². The summed E-state index contributed by atoms with van der Waals surface area (Å²) in [5.41, 5.74) is 5.81. The Hall–Kier alpha value is -3.12. The van der Waals surface area contributed by atoms with Gasteiger partial charge < -0.3 is 10.1 Å². The number of hydrogen-bond acceptors (Lipinski definition) is 4. The van der Waals surface area contributed by atoms with E-state index >= 15 is 0 Å². The molecule has 0 saturated heterocycles. The van der Waals surface area contributed by atoms with Gasteiger partial charge in [-0.15, -0.1) is 0 Å². The summed E-state index contributed by atoms with van der Waals surface area (Å²) in [6.45, 7) is 0.519. The Morgan fingerprint density at radius 2 is 1.72 bits per heavy atom. The first kappa shape index (κ1) is 20.6. The van der Waals surface area contributed by atoms with Crippen molar-refractivity contribution >= 4 is 33.7 Å². The minimum Gasteiger partial charge on any atom is -0.483 e. The SMILES string of the molecule is O=C(COc1ccc(Br)cc1C=NNc1ccccc1)NCCc1ccccc1. The number of benzene rings is 3. The zero-order chi connectivity index (χ0) is 20.3. The molecule has 0 heterocycles. The van der Waals surface area contributed by atoms with E-state index in [1.54, 1.807) is 6.21 Å². The van der Waals surface area contributed by atoms with E-state index in [1.165, 1.54) is 5.56 Å². The molecule has 0 aromatic heterocycles. The fourth-order valence-corrected chi connectivity index (χ4v) is 3.00. The van der Waals surface area contributed by atoms with Gasteiger partial charge in [0, 0.05) is 16.6 Å². The van der Waals surface area contributed by atoms with Crippen molar-refractivity contribution in [2.24, 2.45) is 5.10 Å². The second-order valence-electron chi connectivity index (χ2n) is 6.29. The standard InChI is InChI=1S/C23H22BrN3O2/c24-20-11-12-22(19(15-20)16-26-27-21-9-5-2-6-10-21)29-17-23(28)25-14-13-18-7-3-1-4-8-18/h1-12,15-16,27H,13-14,17H2,(H,25,28). The number of anilines is 1. The van der Waals surface area contributed by atoms with Gasteiger partial charge in [-0.3, -0.25) is 10.2 Å². The molecule has 29 heavy (non-hydrogen) atoms. The molecule has 0 fully saturated rings. The predicted molar refractivity (Wildman–Crippen MR) is 120 cm³/mol. The van der Waals surface area contributed by atoms with Crippen molar-refractivity contribution in [1.29, 1.82) is 0 Å². The highest BCUT2D eigenvalue weighted by Crippen LogP contribution is 2.22.